The van der Waals surface area contributed by atoms with Gasteiger partial charge in [-0.2, -0.15) is 0 Å². The second kappa shape index (κ2) is 12.5. The number of carbonyl (C=O) groups is 1. The van der Waals surface area contributed by atoms with Crippen LogP contribution in [0.4, 0.5) is 0 Å². The summed E-state index contributed by atoms with van der Waals surface area (Å²) in [6, 6.07) is 14.4. The van der Waals surface area contributed by atoms with E-state index < -0.39 is 0 Å². The molecule has 0 aliphatic heterocycles. The lowest BCUT2D eigenvalue weighted by Gasteiger charge is -2.22. The Balaban J connectivity index is 0.00000166. The van der Waals surface area contributed by atoms with Gasteiger partial charge in [-0.3, -0.25) is 4.79 Å². The Morgan fingerprint density at radius 2 is 1.71 bits per heavy atom. The van der Waals surface area contributed by atoms with Crippen molar-refractivity contribution in [2.24, 2.45) is 11.8 Å². The maximum atomic E-state index is 13.0. The molecule has 4 nitrogen and oxygen atoms in total. The lowest BCUT2D eigenvalue weighted by molar-refractivity contribution is 0.0914. The smallest absolute Gasteiger partial charge is 0.166 e. The third kappa shape index (κ3) is 6.57. The molecule has 170 valence electrons. The van der Waals surface area contributed by atoms with Crippen LogP contribution < -0.4 is 9.47 Å². The molecule has 0 heterocycles. The second-order valence-electron chi connectivity index (χ2n) is 8.15. The molecule has 1 aliphatic rings. The number of hydrogen-bond acceptors (Lipinski definition) is 4. The molecule has 0 spiro atoms. The normalized spacial score (nSPS) is 15.8. The van der Waals surface area contributed by atoms with Crippen LogP contribution in [0.2, 0.25) is 0 Å². The standard InChI is InChI=1S/C25H33NO3.C2H6/c1-5-18(11-12-26(2)17-19-9-7-6-8-10-19)13-21-14-20-15-23(28-3)24(29-4)16-22(20)25(21)27;1-2/h6-10,15-16,18,21H,5,11-14,17H2,1-4H3;1-2H3/t18?,21-;/m0./s1. The number of fused-ring (bicyclic) bond motifs is 1. The van der Waals surface area contributed by atoms with E-state index in [-0.39, 0.29) is 11.7 Å². The van der Waals surface area contributed by atoms with Crippen LogP contribution in [0.15, 0.2) is 42.5 Å². The van der Waals surface area contributed by atoms with E-state index in [0.29, 0.717) is 17.4 Å². The van der Waals surface area contributed by atoms with Crippen molar-refractivity contribution in [1.29, 1.82) is 0 Å². The Bertz CT molecular complexity index is 819. The van der Waals surface area contributed by atoms with Crippen molar-refractivity contribution in [3.8, 4) is 11.5 Å². The van der Waals surface area contributed by atoms with Crippen LogP contribution in [-0.2, 0) is 13.0 Å². The van der Waals surface area contributed by atoms with Crippen LogP contribution in [0, 0.1) is 11.8 Å². The summed E-state index contributed by atoms with van der Waals surface area (Å²) in [7, 11) is 5.42. The minimum Gasteiger partial charge on any atom is -0.493 e. The van der Waals surface area contributed by atoms with Crippen LogP contribution >= 0.6 is 0 Å². The van der Waals surface area contributed by atoms with Gasteiger partial charge in [-0.05, 0) is 62.0 Å². The first-order valence-electron chi connectivity index (χ1n) is 11.6. The number of ketones is 1. The third-order valence-corrected chi connectivity index (χ3v) is 6.12. The Labute approximate surface area is 188 Å². The van der Waals surface area contributed by atoms with Gasteiger partial charge in [0.15, 0.2) is 17.3 Å². The highest BCUT2D eigenvalue weighted by Gasteiger charge is 2.33. The van der Waals surface area contributed by atoms with E-state index in [9.17, 15) is 4.79 Å². The molecule has 0 bridgehead atoms. The van der Waals surface area contributed by atoms with Gasteiger partial charge >= 0.3 is 0 Å². The summed E-state index contributed by atoms with van der Waals surface area (Å²) in [6.45, 7) is 8.24. The van der Waals surface area contributed by atoms with E-state index >= 15 is 0 Å². The summed E-state index contributed by atoms with van der Waals surface area (Å²) in [6.07, 6.45) is 3.98. The van der Waals surface area contributed by atoms with Crippen LogP contribution in [0.5, 0.6) is 11.5 Å². The topological polar surface area (TPSA) is 38.8 Å². The average Bonchev–Trinajstić information content (AvgIpc) is 3.11. The zero-order valence-corrected chi connectivity index (χ0v) is 20.1. The van der Waals surface area contributed by atoms with Crippen LogP contribution in [-0.4, -0.2) is 38.5 Å². The summed E-state index contributed by atoms with van der Waals surface area (Å²) < 4.78 is 10.8. The fourth-order valence-electron chi connectivity index (χ4n) is 4.36. The van der Waals surface area contributed by atoms with Gasteiger partial charge < -0.3 is 14.4 Å². The molecule has 0 N–H and O–H groups in total. The van der Waals surface area contributed by atoms with E-state index in [4.69, 9.17) is 9.47 Å². The number of Topliss-reactive ketones (excluding diaryl/α,β-unsaturated/α-hetero) is 1. The van der Waals surface area contributed by atoms with Crippen molar-refractivity contribution in [2.75, 3.05) is 27.8 Å². The fraction of sp³-hybridized carbons (Fsp3) is 0.519. The van der Waals surface area contributed by atoms with Gasteiger partial charge in [0.05, 0.1) is 14.2 Å². The van der Waals surface area contributed by atoms with E-state index in [2.05, 4.69) is 49.2 Å². The number of rotatable bonds is 10. The third-order valence-electron chi connectivity index (χ3n) is 6.12. The Kier molecular flexibility index (Phi) is 10.1. The lowest BCUT2D eigenvalue weighted by atomic mass is 9.87. The van der Waals surface area contributed by atoms with Crippen molar-refractivity contribution in [3.05, 3.63) is 59.2 Å². The number of nitrogens with zero attached hydrogens (tertiary/aromatic N) is 1. The van der Waals surface area contributed by atoms with Gasteiger partial charge in [-0.1, -0.05) is 57.5 Å². The Morgan fingerprint density at radius 3 is 2.32 bits per heavy atom. The fourth-order valence-corrected chi connectivity index (χ4v) is 4.36. The molecule has 0 amide bonds. The number of benzene rings is 2. The molecular formula is C27H39NO3. The van der Waals surface area contributed by atoms with Crippen molar-refractivity contribution < 1.29 is 14.3 Å². The summed E-state index contributed by atoms with van der Waals surface area (Å²) in [5, 5.41) is 0. The molecular weight excluding hydrogens is 386 g/mol. The Hall–Kier alpha value is -2.33. The molecule has 2 aromatic rings. The molecule has 0 saturated heterocycles. The number of hydrogen-bond donors (Lipinski definition) is 0. The summed E-state index contributed by atoms with van der Waals surface area (Å²) >= 11 is 0. The Morgan fingerprint density at radius 1 is 1.06 bits per heavy atom. The van der Waals surface area contributed by atoms with Gasteiger partial charge in [0, 0.05) is 18.0 Å². The SMILES string of the molecule is CC.CCC(CCN(C)Cc1ccccc1)C[C@H]1Cc2cc(OC)c(OC)cc2C1=O. The molecule has 2 atom stereocenters. The lowest BCUT2D eigenvalue weighted by Crippen LogP contribution is -2.23. The van der Waals surface area contributed by atoms with Crippen LogP contribution in [0.3, 0.4) is 0 Å². The molecule has 31 heavy (non-hydrogen) atoms. The average molecular weight is 426 g/mol. The first kappa shape index (κ1) is 24.9. The van der Waals surface area contributed by atoms with Gasteiger partial charge in [0.2, 0.25) is 0 Å². The van der Waals surface area contributed by atoms with Gasteiger partial charge in [-0.15, -0.1) is 0 Å². The second-order valence-corrected chi connectivity index (χ2v) is 8.15. The molecule has 3 rings (SSSR count). The minimum absolute atomic E-state index is 0.0752. The molecule has 0 saturated carbocycles. The summed E-state index contributed by atoms with van der Waals surface area (Å²) in [5.74, 6) is 2.23. The van der Waals surface area contributed by atoms with Crippen LogP contribution in [0.25, 0.3) is 0 Å². The van der Waals surface area contributed by atoms with Crippen molar-refractivity contribution in [3.63, 3.8) is 0 Å². The predicted octanol–water partition coefficient (Wildman–Crippen LogP) is 6.02. The first-order chi connectivity index (χ1) is 15.0. The number of ether oxygens (including phenoxy) is 2. The molecule has 4 heteroatoms. The predicted molar refractivity (Wildman–Crippen MR) is 128 cm³/mol. The molecule has 2 aromatic carbocycles. The first-order valence-corrected chi connectivity index (χ1v) is 11.6. The number of methoxy groups -OCH3 is 2. The maximum Gasteiger partial charge on any atom is 0.166 e. The van der Waals surface area contributed by atoms with E-state index in [1.165, 1.54) is 5.56 Å². The number of carbonyl (C=O) groups excluding carboxylic acids is 1. The molecule has 0 fully saturated rings. The summed E-state index contributed by atoms with van der Waals surface area (Å²) in [5.41, 5.74) is 3.24. The van der Waals surface area contributed by atoms with Crippen molar-refractivity contribution in [1.82, 2.24) is 4.90 Å². The van der Waals surface area contributed by atoms with Gasteiger partial charge in [-0.25, -0.2) is 0 Å². The van der Waals surface area contributed by atoms with Gasteiger partial charge in [0.25, 0.3) is 0 Å². The van der Waals surface area contributed by atoms with Crippen molar-refractivity contribution in [2.45, 2.75) is 53.0 Å². The van der Waals surface area contributed by atoms with E-state index in [0.717, 1.165) is 49.9 Å². The van der Waals surface area contributed by atoms with E-state index in [1.807, 2.05) is 26.0 Å². The largest absolute Gasteiger partial charge is 0.493 e. The van der Waals surface area contributed by atoms with Crippen LogP contribution in [0.1, 0.15) is 61.5 Å². The molecule has 0 radical (unpaired) electrons. The molecule has 0 aromatic heterocycles. The monoisotopic (exact) mass is 425 g/mol. The highest BCUT2D eigenvalue weighted by atomic mass is 16.5. The quantitative estimate of drug-likeness (QED) is 0.466. The molecule has 1 unspecified atom stereocenters. The van der Waals surface area contributed by atoms with Gasteiger partial charge in [0.1, 0.15) is 0 Å². The van der Waals surface area contributed by atoms with E-state index in [1.54, 1.807) is 14.2 Å². The maximum absolute atomic E-state index is 13.0. The zero-order chi connectivity index (χ0) is 22.8. The van der Waals surface area contributed by atoms with Crippen molar-refractivity contribution >= 4 is 5.78 Å². The molecule has 1 aliphatic carbocycles. The zero-order valence-electron chi connectivity index (χ0n) is 20.1. The minimum atomic E-state index is 0.0752. The highest BCUT2D eigenvalue weighted by molar-refractivity contribution is 6.02. The highest BCUT2D eigenvalue weighted by Crippen LogP contribution is 2.39. The summed E-state index contributed by atoms with van der Waals surface area (Å²) in [4.78, 5) is 15.4.